The van der Waals surface area contributed by atoms with Gasteiger partial charge in [-0.1, -0.05) is 30.3 Å². The highest BCUT2D eigenvalue weighted by Crippen LogP contribution is 2.48. The molecular formula is C74H26F3N15. The van der Waals surface area contributed by atoms with E-state index in [1.807, 2.05) is 24.3 Å². The lowest BCUT2D eigenvalue weighted by Crippen LogP contribution is -2.08. The summed E-state index contributed by atoms with van der Waals surface area (Å²) in [6.07, 6.45) is -4.97. The second-order valence-electron chi connectivity index (χ2n) is 20.8. The molecule has 0 saturated carbocycles. The maximum Gasteiger partial charge on any atom is 0.416 e. The van der Waals surface area contributed by atoms with Crippen molar-refractivity contribution in [3.8, 4) is 146 Å². The van der Waals surface area contributed by atoms with E-state index in [-0.39, 0.29) is 117 Å². The zero-order chi connectivity index (χ0) is 64.9. The van der Waals surface area contributed by atoms with Gasteiger partial charge in [0.1, 0.15) is 0 Å². The molecule has 0 aliphatic carbocycles. The summed E-state index contributed by atoms with van der Waals surface area (Å²) in [5.74, 6) is 0. The topological polar surface area (TPSA) is 319 Å². The van der Waals surface area contributed by atoms with Crippen LogP contribution in [0.3, 0.4) is 0 Å². The zero-order valence-corrected chi connectivity index (χ0v) is 46.9. The molecule has 12 aromatic rings. The van der Waals surface area contributed by atoms with E-state index in [9.17, 15) is 68.4 Å². The van der Waals surface area contributed by atoms with Crippen molar-refractivity contribution in [2.75, 3.05) is 0 Å². The zero-order valence-electron chi connectivity index (χ0n) is 46.9. The molecule has 12 rings (SSSR count). The Kier molecular flexibility index (Phi) is 14.0. The van der Waals surface area contributed by atoms with Gasteiger partial charge in [0.15, 0.2) is 0 Å². The molecule has 0 radical (unpaired) electrons. The molecule has 2 aromatic heterocycles. The van der Waals surface area contributed by atoms with Gasteiger partial charge in [0, 0.05) is 54.9 Å². The van der Waals surface area contributed by atoms with E-state index in [1.165, 1.54) is 60.7 Å². The summed E-state index contributed by atoms with van der Waals surface area (Å²) in [5.41, 5.74) is 2.60. The normalized spacial score (nSPS) is 10.6. The van der Waals surface area contributed by atoms with Gasteiger partial charge >= 0.3 is 6.18 Å². The minimum Gasteiger partial charge on any atom is -0.309 e. The first-order valence-corrected chi connectivity index (χ1v) is 27.1. The van der Waals surface area contributed by atoms with E-state index in [0.29, 0.717) is 65.9 Å². The Morgan fingerprint density at radius 3 is 0.804 bits per heavy atom. The molecule has 0 N–H and O–H groups in total. The Morgan fingerprint density at radius 2 is 0.543 bits per heavy atom. The molecule has 0 aliphatic heterocycles. The third-order valence-electron chi connectivity index (χ3n) is 16.0. The molecule has 418 valence electrons. The Morgan fingerprint density at radius 1 is 0.261 bits per heavy atom. The number of nitrogens with zero attached hydrogens (tertiary/aromatic N) is 15. The molecule has 0 amide bonds. The maximum absolute atomic E-state index is 15.5. The van der Waals surface area contributed by atoms with Gasteiger partial charge in [-0.3, -0.25) is 0 Å². The van der Waals surface area contributed by atoms with Crippen LogP contribution < -0.4 is 0 Å². The lowest BCUT2D eigenvalue weighted by molar-refractivity contribution is -0.137. The van der Waals surface area contributed by atoms with Crippen LogP contribution in [0.15, 0.2) is 158 Å². The predicted octanol–water partition coefficient (Wildman–Crippen LogP) is 15.6. The first-order chi connectivity index (χ1) is 44.6. The quantitative estimate of drug-likeness (QED) is 0.143. The molecule has 0 saturated heterocycles. The van der Waals surface area contributed by atoms with E-state index in [4.69, 9.17) is 0 Å². The Labute approximate surface area is 519 Å². The summed E-state index contributed by atoms with van der Waals surface area (Å²) in [6, 6.07) is 65.0. The highest BCUT2D eigenvalue weighted by molar-refractivity contribution is 6.15. The van der Waals surface area contributed by atoms with Gasteiger partial charge in [-0.25, -0.2) is 0 Å². The van der Waals surface area contributed by atoms with E-state index >= 15 is 13.2 Å². The Balaban J connectivity index is 1.20. The second-order valence-corrected chi connectivity index (χ2v) is 20.8. The number of fused-ring (bicyclic) bond motifs is 6. The highest BCUT2D eigenvalue weighted by atomic mass is 19.4. The summed E-state index contributed by atoms with van der Waals surface area (Å²) < 4.78 is 50.0. The van der Waals surface area contributed by atoms with Crippen molar-refractivity contribution in [2.24, 2.45) is 0 Å². The minimum absolute atomic E-state index is 0.000872. The van der Waals surface area contributed by atoms with Crippen LogP contribution in [0.2, 0.25) is 0 Å². The molecule has 10 aromatic carbocycles. The number of aromatic nitrogens is 2. The molecule has 0 aliphatic rings. The third-order valence-corrected chi connectivity index (χ3v) is 16.0. The average Bonchev–Trinajstić information content (AvgIpc) is 1.57. The fraction of sp³-hybridized carbons (Fsp3) is 0.0135. The number of rotatable bonds is 7. The lowest BCUT2D eigenvalue weighted by Gasteiger charge is -2.21. The van der Waals surface area contributed by atoms with Crippen molar-refractivity contribution in [2.45, 2.75) is 6.18 Å². The van der Waals surface area contributed by atoms with Crippen molar-refractivity contribution in [1.29, 1.82) is 68.4 Å². The summed E-state index contributed by atoms with van der Waals surface area (Å²) in [7, 11) is 0. The number of benzene rings is 10. The van der Waals surface area contributed by atoms with Crippen LogP contribution in [0.5, 0.6) is 0 Å². The van der Waals surface area contributed by atoms with Crippen LogP contribution in [0, 0.1) is 147 Å². The number of hydrogen-bond acceptors (Lipinski definition) is 13. The van der Waals surface area contributed by atoms with Gasteiger partial charge in [0.25, 0.3) is 0 Å². The third kappa shape index (κ3) is 9.13. The molecule has 15 nitrogen and oxygen atoms in total. The summed E-state index contributed by atoms with van der Waals surface area (Å²) in [6.45, 7) is 0. The SMILES string of the molecule is N#Cc1cc(C#N)c(-c2ccc3c(c2)c2cc(-c4c(C#N)cc(C#N)cc4C#N)ccc2n3-c2ccc(C(F)(F)F)cc2-c2c(C#N)cccc2-n2c3ccc(-c4c(C#N)cc(C#N)cc4C#N)cc3c3cc(-c4c(C#N)cc(C#N)cc4C#N)ccc32)c(C#N)c1. The molecule has 0 fully saturated rings. The first-order valence-electron chi connectivity index (χ1n) is 27.1. The molecule has 0 spiro atoms. The maximum atomic E-state index is 15.5. The van der Waals surface area contributed by atoms with E-state index in [1.54, 1.807) is 94.1 Å². The Hall–Kier alpha value is -15.0. The van der Waals surface area contributed by atoms with Crippen LogP contribution >= 0.6 is 0 Å². The van der Waals surface area contributed by atoms with E-state index < -0.39 is 11.7 Å². The molecule has 0 atom stereocenters. The van der Waals surface area contributed by atoms with Crippen LogP contribution in [-0.2, 0) is 6.18 Å². The standard InChI is InChI=1S/C74H26F3N15/c75-74(76,77)57-8-13-67(91-63-9-4-44(69-49(32-83)14-40(27-78)15-50(69)33-84)22-58(63)59-23-45(5-10-64(59)91)70-51(34-85)16-41(28-79)17-52(70)35-86)62(26-57)73-48(31-82)2-1-3-68(73)92-65-11-6-46(71-53(36-87)18-42(29-80)19-54(71)37-88)24-60(65)61-25-47(7-12-66(61)92)72-55(38-89)20-43(30-81)21-56(72)39-90/h1-26H. The van der Waals surface area contributed by atoms with Gasteiger partial charge in [-0.05, 0) is 150 Å². The van der Waals surface area contributed by atoms with E-state index in [0.717, 1.165) is 12.1 Å². The minimum atomic E-state index is -4.97. The van der Waals surface area contributed by atoms with Gasteiger partial charge in [-0.2, -0.15) is 81.6 Å². The van der Waals surface area contributed by atoms with Crippen molar-refractivity contribution in [1.82, 2.24) is 9.13 Å². The number of halogens is 3. The Bertz CT molecular complexity index is 5560. The number of hydrogen-bond donors (Lipinski definition) is 0. The van der Waals surface area contributed by atoms with Crippen LogP contribution in [-0.4, -0.2) is 9.13 Å². The lowest BCUT2D eigenvalue weighted by atomic mass is 9.91. The van der Waals surface area contributed by atoms with E-state index in [2.05, 4.69) is 54.6 Å². The monoisotopic (exact) mass is 1180 g/mol. The van der Waals surface area contributed by atoms with Crippen molar-refractivity contribution < 1.29 is 13.2 Å². The largest absolute Gasteiger partial charge is 0.416 e. The fourth-order valence-electron chi connectivity index (χ4n) is 12.2. The molecule has 2 heterocycles. The van der Waals surface area contributed by atoms with Gasteiger partial charge in [-0.15, -0.1) is 0 Å². The first kappa shape index (κ1) is 57.4. The fourth-order valence-corrected chi connectivity index (χ4v) is 12.2. The van der Waals surface area contributed by atoms with Crippen molar-refractivity contribution in [3.63, 3.8) is 0 Å². The molecule has 18 heteroatoms. The van der Waals surface area contributed by atoms with Gasteiger partial charge in [0.2, 0.25) is 0 Å². The average molecular weight is 1180 g/mol. The van der Waals surface area contributed by atoms with Gasteiger partial charge < -0.3 is 9.13 Å². The predicted molar refractivity (Wildman–Crippen MR) is 329 cm³/mol. The molecule has 0 bridgehead atoms. The summed E-state index contributed by atoms with van der Waals surface area (Å²) in [5, 5.41) is 136. The number of alkyl halides is 3. The van der Waals surface area contributed by atoms with Crippen molar-refractivity contribution in [3.05, 3.63) is 236 Å². The summed E-state index contributed by atoms with van der Waals surface area (Å²) in [4.78, 5) is 0. The van der Waals surface area contributed by atoms with Crippen molar-refractivity contribution >= 4 is 43.6 Å². The second kappa shape index (κ2) is 22.4. The van der Waals surface area contributed by atoms with Crippen LogP contribution in [0.4, 0.5) is 13.2 Å². The highest BCUT2D eigenvalue weighted by Gasteiger charge is 2.34. The van der Waals surface area contributed by atoms with Crippen LogP contribution in [0.1, 0.15) is 77.9 Å². The smallest absolute Gasteiger partial charge is 0.309 e. The molecule has 0 unspecified atom stereocenters. The van der Waals surface area contributed by atoms with Crippen LogP contribution in [0.25, 0.3) is 111 Å². The summed E-state index contributed by atoms with van der Waals surface area (Å²) >= 11 is 0. The molecule has 92 heavy (non-hydrogen) atoms. The number of nitriles is 13. The molecular weight excluding hydrogens is 1160 g/mol. The van der Waals surface area contributed by atoms with Gasteiger partial charge in [0.05, 0.1) is 190 Å².